The topological polar surface area (TPSA) is 54.7 Å². The molecule has 0 bridgehead atoms. The number of benzene rings is 1. The van der Waals surface area contributed by atoms with Crippen molar-refractivity contribution in [3.05, 3.63) is 22.8 Å². The summed E-state index contributed by atoms with van der Waals surface area (Å²) >= 11 is 3.33. The average Bonchev–Trinajstić information content (AvgIpc) is 2.33. The largest absolute Gasteiger partial charge is 0.399 e. The van der Waals surface area contributed by atoms with Crippen molar-refractivity contribution in [3.8, 4) is 0 Å². The summed E-state index contributed by atoms with van der Waals surface area (Å²) in [6.45, 7) is 0. The molecule has 0 aliphatic heterocycles. The SMILES string of the molecule is Br.Nc1ccc2n[nH]c(Br)c2c1. The highest BCUT2D eigenvalue weighted by molar-refractivity contribution is 9.10. The van der Waals surface area contributed by atoms with E-state index < -0.39 is 0 Å². The van der Waals surface area contributed by atoms with E-state index in [4.69, 9.17) is 5.73 Å². The van der Waals surface area contributed by atoms with Crippen LogP contribution in [0.4, 0.5) is 5.69 Å². The van der Waals surface area contributed by atoms with Gasteiger partial charge in [0.1, 0.15) is 4.60 Å². The molecule has 0 amide bonds. The molecule has 0 aliphatic carbocycles. The number of hydrogen-bond donors (Lipinski definition) is 2. The van der Waals surface area contributed by atoms with Crippen LogP contribution in [0, 0.1) is 0 Å². The molecule has 0 saturated carbocycles. The first-order valence-electron chi connectivity index (χ1n) is 3.16. The van der Waals surface area contributed by atoms with Crippen molar-refractivity contribution in [1.29, 1.82) is 0 Å². The van der Waals surface area contributed by atoms with Crippen molar-refractivity contribution in [2.45, 2.75) is 0 Å². The number of nitrogens with zero attached hydrogens (tertiary/aromatic N) is 1. The van der Waals surface area contributed by atoms with Crippen LogP contribution in [0.15, 0.2) is 22.8 Å². The van der Waals surface area contributed by atoms with E-state index in [1.165, 1.54) is 0 Å². The highest BCUT2D eigenvalue weighted by atomic mass is 79.9. The molecule has 5 heteroatoms. The van der Waals surface area contributed by atoms with Crippen LogP contribution < -0.4 is 5.73 Å². The lowest BCUT2D eigenvalue weighted by Crippen LogP contribution is -1.81. The molecule has 3 N–H and O–H groups in total. The predicted octanol–water partition coefficient (Wildman–Crippen LogP) is 2.49. The third-order valence-electron chi connectivity index (χ3n) is 1.53. The summed E-state index contributed by atoms with van der Waals surface area (Å²) in [6, 6.07) is 5.59. The first-order valence-corrected chi connectivity index (χ1v) is 3.96. The van der Waals surface area contributed by atoms with Crippen LogP contribution in [0.2, 0.25) is 0 Å². The Balaban J connectivity index is 0.000000720. The van der Waals surface area contributed by atoms with E-state index in [0.717, 1.165) is 21.2 Å². The molecule has 1 heterocycles. The van der Waals surface area contributed by atoms with Crippen LogP contribution in [0.5, 0.6) is 0 Å². The highest BCUT2D eigenvalue weighted by Gasteiger charge is 2.00. The van der Waals surface area contributed by atoms with Gasteiger partial charge in [0.05, 0.1) is 5.52 Å². The molecule has 0 aliphatic rings. The molecular weight excluding hydrogens is 286 g/mol. The maximum absolute atomic E-state index is 5.59. The van der Waals surface area contributed by atoms with Crippen molar-refractivity contribution >= 4 is 49.5 Å². The molecule has 3 nitrogen and oxygen atoms in total. The quantitative estimate of drug-likeness (QED) is 0.733. The molecule has 64 valence electrons. The summed E-state index contributed by atoms with van der Waals surface area (Å²) in [5.41, 5.74) is 7.26. The lowest BCUT2D eigenvalue weighted by atomic mass is 10.2. The van der Waals surface area contributed by atoms with Crippen molar-refractivity contribution in [2.24, 2.45) is 0 Å². The maximum Gasteiger partial charge on any atom is 0.108 e. The summed E-state index contributed by atoms with van der Waals surface area (Å²) in [6.07, 6.45) is 0. The molecule has 2 aromatic rings. The molecule has 0 unspecified atom stereocenters. The minimum absolute atomic E-state index is 0. The summed E-state index contributed by atoms with van der Waals surface area (Å²) in [5.74, 6) is 0. The number of rotatable bonds is 0. The third-order valence-corrected chi connectivity index (χ3v) is 2.14. The fraction of sp³-hybridized carbons (Fsp3) is 0. The van der Waals surface area contributed by atoms with Gasteiger partial charge in [-0.2, -0.15) is 5.10 Å². The standard InChI is InChI=1S/C7H6BrN3.BrH/c8-7-5-3-4(9)1-2-6(5)10-11-7;/h1-3H,9H2,(H,10,11);1H. The first kappa shape index (κ1) is 9.54. The van der Waals surface area contributed by atoms with E-state index in [0.29, 0.717) is 0 Å². The Bertz CT molecular complexity index is 396. The van der Waals surface area contributed by atoms with Gasteiger partial charge in [0.15, 0.2) is 0 Å². The Hall–Kier alpha value is -0.550. The molecule has 2 rings (SSSR count). The molecule has 0 radical (unpaired) electrons. The summed E-state index contributed by atoms with van der Waals surface area (Å²) in [4.78, 5) is 0. The van der Waals surface area contributed by atoms with Crippen LogP contribution in [0.3, 0.4) is 0 Å². The van der Waals surface area contributed by atoms with Crippen molar-refractivity contribution in [3.63, 3.8) is 0 Å². The number of halogens is 2. The number of hydrogen-bond acceptors (Lipinski definition) is 2. The van der Waals surface area contributed by atoms with E-state index in [1.807, 2.05) is 18.2 Å². The Labute approximate surface area is 88.2 Å². The lowest BCUT2D eigenvalue weighted by molar-refractivity contribution is 1.10. The number of nitrogen functional groups attached to an aromatic ring is 1. The van der Waals surface area contributed by atoms with Crippen LogP contribution in [0.1, 0.15) is 0 Å². The van der Waals surface area contributed by atoms with Crippen molar-refractivity contribution in [1.82, 2.24) is 10.2 Å². The van der Waals surface area contributed by atoms with Gasteiger partial charge >= 0.3 is 0 Å². The highest BCUT2D eigenvalue weighted by Crippen LogP contribution is 2.22. The van der Waals surface area contributed by atoms with Crippen molar-refractivity contribution in [2.75, 3.05) is 5.73 Å². The Morgan fingerprint density at radius 2 is 2.17 bits per heavy atom. The number of aromatic nitrogens is 2. The number of nitrogens with two attached hydrogens (primary N) is 1. The fourth-order valence-corrected chi connectivity index (χ4v) is 1.40. The first-order chi connectivity index (χ1) is 5.27. The Morgan fingerprint density at radius 3 is 2.92 bits per heavy atom. The van der Waals surface area contributed by atoms with Gasteiger partial charge in [0, 0.05) is 11.1 Å². The zero-order valence-electron chi connectivity index (χ0n) is 6.04. The molecule has 0 atom stereocenters. The molecule has 0 spiro atoms. The number of H-pyrrole nitrogens is 1. The van der Waals surface area contributed by atoms with Gasteiger partial charge < -0.3 is 5.73 Å². The van der Waals surface area contributed by atoms with E-state index in [2.05, 4.69) is 26.1 Å². The van der Waals surface area contributed by atoms with Gasteiger partial charge in [-0.3, -0.25) is 5.10 Å². The number of anilines is 1. The smallest absolute Gasteiger partial charge is 0.108 e. The maximum atomic E-state index is 5.59. The normalized spacial score (nSPS) is 9.75. The summed E-state index contributed by atoms with van der Waals surface area (Å²) in [5, 5.41) is 7.87. The third kappa shape index (κ3) is 1.47. The molecule has 1 aromatic carbocycles. The second-order valence-electron chi connectivity index (χ2n) is 2.31. The molecular formula is C7H7Br2N3. The van der Waals surface area contributed by atoms with Gasteiger partial charge in [-0.15, -0.1) is 17.0 Å². The lowest BCUT2D eigenvalue weighted by Gasteiger charge is -1.90. The van der Waals surface area contributed by atoms with Crippen LogP contribution in [-0.4, -0.2) is 10.2 Å². The summed E-state index contributed by atoms with van der Waals surface area (Å²) in [7, 11) is 0. The van der Waals surface area contributed by atoms with Gasteiger partial charge in [-0.05, 0) is 34.1 Å². The summed E-state index contributed by atoms with van der Waals surface area (Å²) < 4.78 is 0.875. The van der Waals surface area contributed by atoms with Crippen molar-refractivity contribution < 1.29 is 0 Å². The number of aromatic amines is 1. The predicted molar refractivity (Wildman–Crippen MR) is 58.5 cm³/mol. The van der Waals surface area contributed by atoms with E-state index in [9.17, 15) is 0 Å². The molecule has 12 heavy (non-hydrogen) atoms. The fourth-order valence-electron chi connectivity index (χ4n) is 0.996. The zero-order chi connectivity index (χ0) is 7.84. The second-order valence-corrected chi connectivity index (χ2v) is 3.11. The van der Waals surface area contributed by atoms with Crippen LogP contribution >= 0.6 is 32.9 Å². The molecule has 0 saturated heterocycles. The Kier molecular flexibility index (Phi) is 2.74. The van der Waals surface area contributed by atoms with E-state index in [1.54, 1.807) is 0 Å². The van der Waals surface area contributed by atoms with Gasteiger partial charge in [-0.1, -0.05) is 0 Å². The number of nitrogens with one attached hydrogen (secondary N) is 1. The average molecular weight is 293 g/mol. The Morgan fingerprint density at radius 1 is 1.42 bits per heavy atom. The molecule has 0 fully saturated rings. The van der Waals surface area contributed by atoms with E-state index in [-0.39, 0.29) is 17.0 Å². The monoisotopic (exact) mass is 291 g/mol. The minimum Gasteiger partial charge on any atom is -0.399 e. The van der Waals surface area contributed by atoms with Crippen LogP contribution in [0.25, 0.3) is 10.9 Å². The van der Waals surface area contributed by atoms with Gasteiger partial charge in [0.2, 0.25) is 0 Å². The van der Waals surface area contributed by atoms with Gasteiger partial charge in [0.25, 0.3) is 0 Å². The van der Waals surface area contributed by atoms with Gasteiger partial charge in [-0.25, -0.2) is 0 Å². The zero-order valence-corrected chi connectivity index (χ0v) is 9.34. The number of fused-ring (bicyclic) bond motifs is 1. The van der Waals surface area contributed by atoms with E-state index >= 15 is 0 Å². The molecule has 1 aromatic heterocycles. The van der Waals surface area contributed by atoms with Crippen LogP contribution in [-0.2, 0) is 0 Å². The minimum atomic E-state index is 0. The second kappa shape index (κ2) is 3.45.